The van der Waals surface area contributed by atoms with Crippen molar-refractivity contribution in [2.24, 2.45) is 5.41 Å². The molecule has 1 unspecified atom stereocenters. The van der Waals surface area contributed by atoms with E-state index < -0.39 is 0 Å². The summed E-state index contributed by atoms with van der Waals surface area (Å²) in [7, 11) is 1.88. The van der Waals surface area contributed by atoms with E-state index >= 15 is 0 Å². The second kappa shape index (κ2) is 5.48. The largest absolute Gasteiger partial charge is 0.341 e. The summed E-state index contributed by atoms with van der Waals surface area (Å²) < 4.78 is 0. The van der Waals surface area contributed by atoms with Crippen LogP contribution in [0, 0.1) is 5.41 Å². The number of nitrogens with zero attached hydrogens (tertiary/aromatic N) is 1. The lowest BCUT2D eigenvalue weighted by molar-refractivity contribution is -0.139. The first-order valence-electron chi connectivity index (χ1n) is 6.12. The van der Waals surface area contributed by atoms with Crippen molar-refractivity contribution >= 4 is 5.91 Å². The first kappa shape index (κ1) is 13.2. The van der Waals surface area contributed by atoms with Gasteiger partial charge in [-0.2, -0.15) is 0 Å². The molecular formula is C13H24N2O. The van der Waals surface area contributed by atoms with E-state index in [2.05, 4.69) is 18.8 Å². The molecular weight excluding hydrogens is 200 g/mol. The highest BCUT2D eigenvalue weighted by Crippen LogP contribution is 2.33. The van der Waals surface area contributed by atoms with Crippen LogP contribution in [0.2, 0.25) is 0 Å². The molecule has 1 atom stereocenters. The predicted molar refractivity (Wildman–Crippen MR) is 67.3 cm³/mol. The molecule has 0 aromatic carbocycles. The van der Waals surface area contributed by atoms with Crippen molar-refractivity contribution in [2.75, 3.05) is 26.7 Å². The van der Waals surface area contributed by atoms with Crippen LogP contribution in [-0.2, 0) is 4.79 Å². The number of carbonyl (C=O) groups excluding carboxylic acids is 1. The highest BCUT2D eigenvalue weighted by atomic mass is 16.2. The Morgan fingerprint density at radius 3 is 2.69 bits per heavy atom. The van der Waals surface area contributed by atoms with Crippen LogP contribution in [-0.4, -0.2) is 37.5 Å². The van der Waals surface area contributed by atoms with Crippen LogP contribution in [0.4, 0.5) is 0 Å². The number of hydrogen-bond acceptors (Lipinski definition) is 2. The first-order valence-corrected chi connectivity index (χ1v) is 6.12. The van der Waals surface area contributed by atoms with Gasteiger partial charge < -0.3 is 10.2 Å². The third-order valence-corrected chi connectivity index (χ3v) is 3.28. The predicted octanol–water partition coefficient (Wildman–Crippen LogP) is 1.80. The van der Waals surface area contributed by atoms with Gasteiger partial charge in [-0.15, -0.1) is 0 Å². The van der Waals surface area contributed by atoms with Gasteiger partial charge in [0.25, 0.3) is 0 Å². The third kappa shape index (κ3) is 2.85. The molecule has 92 valence electrons. The molecule has 1 aliphatic rings. The second-order valence-corrected chi connectivity index (χ2v) is 5.08. The Morgan fingerprint density at radius 2 is 2.25 bits per heavy atom. The topological polar surface area (TPSA) is 32.3 Å². The summed E-state index contributed by atoms with van der Waals surface area (Å²) in [5.41, 5.74) is 0.882. The Morgan fingerprint density at radius 1 is 1.56 bits per heavy atom. The van der Waals surface area contributed by atoms with Gasteiger partial charge in [0, 0.05) is 20.1 Å². The third-order valence-electron chi connectivity index (χ3n) is 3.28. The summed E-state index contributed by atoms with van der Waals surface area (Å²) >= 11 is 0. The quantitative estimate of drug-likeness (QED) is 0.722. The minimum atomic E-state index is -0.154. The van der Waals surface area contributed by atoms with Crippen molar-refractivity contribution in [3.8, 4) is 0 Å². The molecule has 1 aliphatic heterocycles. The van der Waals surface area contributed by atoms with Gasteiger partial charge in [-0.05, 0) is 26.3 Å². The molecule has 1 fully saturated rings. The number of nitrogens with one attached hydrogen (secondary N) is 1. The van der Waals surface area contributed by atoms with Gasteiger partial charge in [-0.25, -0.2) is 0 Å². The standard InChI is InChI=1S/C13H24N2O/c1-5-6-13(7-8-14-10-13)12(16)15(4)9-11(2)3/h14H,2,5-10H2,1,3-4H3. The fraction of sp³-hybridized carbons (Fsp3) is 0.769. The average Bonchev–Trinajstić information content (AvgIpc) is 2.66. The Bertz CT molecular complexity index is 267. The molecule has 0 saturated carbocycles. The molecule has 3 nitrogen and oxygen atoms in total. The zero-order valence-electron chi connectivity index (χ0n) is 10.8. The SMILES string of the molecule is C=C(C)CN(C)C(=O)C1(CCC)CCNC1. The zero-order chi connectivity index (χ0) is 12.2. The maximum Gasteiger partial charge on any atom is 0.230 e. The normalized spacial score (nSPS) is 24.4. The number of likely N-dealkylation sites (N-methyl/N-ethyl adjacent to an activating group) is 1. The van der Waals surface area contributed by atoms with Crippen molar-refractivity contribution < 1.29 is 4.79 Å². The summed E-state index contributed by atoms with van der Waals surface area (Å²) in [5.74, 6) is 0.280. The van der Waals surface area contributed by atoms with Crippen molar-refractivity contribution in [2.45, 2.75) is 33.1 Å². The van der Waals surface area contributed by atoms with Crippen LogP contribution in [0.5, 0.6) is 0 Å². The molecule has 1 heterocycles. The Labute approximate surface area is 98.9 Å². The first-order chi connectivity index (χ1) is 7.52. The van der Waals surface area contributed by atoms with E-state index in [1.54, 1.807) is 0 Å². The summed E-state index contributed by atoms with van der Waals surface area (Å²) in [4.78, 5) is 14.3. The number of carbonyl (C=O) groups is 1. The van der Waals surface area contributed by atoms with E-state index in [9.17, 15) is 4.79 Å². The summed E-state index contributed by atoms with van der Waals surface area (Å²) in [6.07, 6.45) is 3.02. The van der Waals surface area contributed by atoms with E-state index in [4.69, 9.17) is 0 Å². The highest BCUT2D eigenvalue weighted by molar-refractivity contribution is 5.83. The number of rotatable bonds is 5. The van der Waals surface area contributed by atoms with E-state index in [1.165, 1.54) is 0 Å². The highest BCUT2D eigenvalue weighted by Gasteiger charge is 2.41. The van der Waals surface area contributed by atoms with Crippen molar-refractivity contribution in [3.05, 3.63) is 12.2 Å². The van der Waals surface area contributed by atoms with E-state index in [-0.39, 0.29) is 11.3 Å². The van der Waals surface area contributed by atoms with Crippen LogP contribution >= 0.6 is 0 Å². The molecule has 3 heteroatoms. The van der Waals surface area contributed by atoms with Crippen LogP contribution < -0.4 is 5.32 Å². The fourth-order valence-electron chi connectivity index (χ4n) is 2.61. The van der Waals surface area contributed by atoms with E-state index in [1.807, 2.05) is 18.9 Å². The van der Waals surface area contributed by atoms with Crippen LogP contribution in [0.25, 0.3) is 0 Å². The molecule has 1 saturated heterocycles. The molecule has 0 aliphatic carbocycles. The molecule has 1 rings (SSSR count). The van der Waals surface area contributed by atoms with Gasteiger partial charge in [0.05, 0.1) is 5.41 Å². The zero-order valence-corrected chi connectivity index (χ0v) is 10.8. The lowest BCUT2D eigenvalue weighted by Crippen LogP contribution is -2.44. The van der Waals surface area contributed by atoms with Crippen molar-refractivity contribution in [1.82, 2.24) is 10.2 Å². The lowest BCUT2D eigenvalue weighted by atomic mass is 9.81. The van der Waals surface area contributed by atoms with Crippen LogP contribution in [0.1, 0.15) is 33.1 Å². The number of amides is 1. The van der Waals surface area contributed by atoms with Crippen molar-refractivity contribution in [1.29, 1.82) is 0 Å². The van der Waals surface area contributed by atoms with Gasteiger partial charge >= 0.3 is 0 Å². The second-order valence-electron chi connectivity index (χ2n) is 5.08. The number of hydrogen-bond donors (Lipinski definition) is 1. The molecule has 1 N–H and O–H groups in total. The monoisotopic (exact) mass is 224 g/mol. The minimum absolute atomic E-state index is 0.154. The lowest BCUT2D eigenvalue weighted by Gasteiger charge is -2.31. The maximum absolute atomic E-state index is 12.4. The Balaban J connectivity index is 2.71. The van der Waals surface area contributed by atoms with Gasteiger partial charge in [-0.1, -0.05) is 25.5 Å². The van der Waals surface area contributed by atoms with Gasteiger partial charge in [0.2, 0.25) is 5.91 Å². The molecule has 0 aromatic rings. The molecule has 0 radical (unpaired) electrons. The molecule has 0 aromatic heterocycles. The van der Waals surface area contributed by atoms with Gasteiger partial charge in [-0.3, -0.25) is 4.79 Å². The van der Waals surface area contributed by atoms with Gasteiger partial charge in [0.1, 0.15) is 0 Å². The molecule has 0 bridgehead atoms. The van der Waals surface area contributed by atoms with Gasteiger partial charge in [0.15, 0.2) is 0 Å². The maximum atomic E-state index is 12.4. The van der Waals surface area contributed by atoms with E-state index in [0.29, 0.717) is 6.54 Å². The smallest absolute Gasteiger partial charge is 0.230 e. The van der Waals surface area contributed by atoms with Crippen LogP contribution in [0.15, 0.2) is 12.2 Å². The molecule has 1 amide bonds. The van der Waals surface area contributed by atoms with E-state index in [0.717, 1.165) is 37.9 Å². The molecule has 0 spiro atoms. The van der Waals surface area contributed by atoms with Crippen LogP contribution in [0.3, 0.4) is 0 Å². The minimum Gasteiger partial charge on any atom is -0.341 e. The Kier molecular flexibility index (Phi) is 4.54. The molecule has 16 heavy (non-hydrogen) atoms. The van der Waals surface area contributed by atoms with Crippen molar-refractivity contribution in [3.63, 3.8) is 0 Å². The summed E-state index contributed by atoms with van der Waals surface area (Å²) in [6.45, 7) is 10.4. The average molecular weight is 224 g/mol. The fourth-order valence-corrected chi connectivity index (χ4v) is 2.61. The summed E-state index contributed by atoms with van der Waals surface area (Å²) in [5, 5.41) is 3.32. The Hall–Kier alpha value is -0.830. The summed E-state index contributed by atoms with van der Waals surface area (Å²) in [6, 6.07) is 0.